The number of hydrogen-bond donors (Lipinski definition) is 1. The Hall–Kier alpha value is -1.94. The molecule has 0 unspecified atom stereocenters. The number of rotatable bonds is 4. The molecule has 0 radical (unpaired) electrons. The third kappa shape index (κ3) is 5.40. The van der Waals surface area contributed by atoms with Crippen LogP contribution in [-0.2, 0) is 18.6 Å². The molecular weight excluding hydrogens is 425 g/mol. The van der Waals surface area contributed by atoms with Crippen molar-refractivity contribution >= 4 is 22.8 Å². The molecule has 2 saturated heterocycles. The Labute approximate surface area is 175 Å². The van der Waals surface area contributed by atoms with Crippen LogP contribution >= 0.6 is 11.8 Å². The molecule has 0 aromatic heterocycles. The molecule has 1 aromatic carbocycles. The number of carbonyl (C=O) groups is 1. The van der Waals surface area contributed by atoms with Gasteiger partial charge in [0.05, 0.1) is 10.5 Å². The second-order valence-electron chi connectivity index (χ2n) is 7.49. The lowest BCUT2D eigenvalue weighted by molar-refractivity contribution is -0.137. The number of nitrogens with one attached hydrogen (secondary N) is 1. The number of piperidine rings is 1. The molecule has 2 aliphatic rings. The molecular formula is C20H22F5N3OS. The highest BCUT2D eigenvalue weighted by Gasteiger charge is 2.35. The molecule has 0 spiro atoms. The highest BCUT2D eigenvalue weighted by atomic mass is 32.2. The molecule has 0 atom stereocenters. The Morgan fingerprint density at radius 1 is 1.23 bits per heavy atom. The third-order valence-corrected chi connectivity index (χ3v) is 6.04. The quantitative estimate of drug-likeness (QED) is 0.629. The average Bonchev–Trinajstić information content (AvgIpc) is 3.01. The molecule has 0 aliphatic carbocycles. The van der Waals surface area contributed by atoms with Crippen LogP contribution in [0.15, 0.2) is 34.2 Å². The van der Waals surface area contributed by atoms with Crippen molar-refractivity contribution in [2.45, 2.75) is 38.4 Å². The molecule has 2 heterocycles. The summed E-state index contributed by atoms with van der Waals surface area (Å²) >= 11 is 1.09. The summed E-state index contributed by atoms with van der Waals surface area (Å²) in [6.07, 6.45) is -1.15. The summed E-state index contributed by atoms with van der Waals surface area (Å²) in [5.41, 5.74) is -1.45. The molecule has 3 rings (SSSR count). The van der Waals surface area contributed by atoms with Gasteiger partial charge in [0.1, 0.15) is 5.84 Å². The number of thioether (sulfide) groups is 1. The van der Waals surface area contributed by atoms with Crippen molar-refractivity contribution in [2.75, 3.05) is 20.1 Å². The first-order valence-corrected chi connectivity index (χ1v) is 10.3. The fraction of sp³-hybridized carbons (Fsp3) is 0.500. The van der Waals surface area contributed by atoms with E-state index in [2.05, 4.69) is 10.3 Å². The Balaban J connectivity index is 1.68. The van der Waals surface area contributed by atoms with Gasteiger partial charge in [0, 0.05) is 26.1 Å². The van der Waals surface area contributed by atoms with Crippen molar-refractivity contribution in [3.8, 4) is 0 Å². The number of allylic oxidation sites excluding steroid dienone is 1. The van der Waals surface area contributed by atoms with E-state index >= 15 is 0 Å². The van der Waals surface area contributed by atoms with Crippen molar-refractivity contribution < 1.29 is 26.7 Å². The summed E-state index contributed by atoms with van der Waals surface area (Å²) in [5.74, 6) is -2.60. The van der Waals surface area contributed by atoms with Gasteiger partial charge in [0.25, 0.3) is 11.2 Å². The number of amides is 1. The summed E-state index contributed by atoms with van der Waals surface area (Å²) < 4.78 is 66.8. The number of hydrogen-bond acceptors (Lipinski definition) is 4. The summed E-state index contributed by atoms with van der Waals surface area (Å²) in [5, 5.41) is 2.49. The highest BCUT2D eigenvalue weighted by molar-refractivity contribution is 8.18. The average molecular weight is 447 g/mol. The molecule has 164 valence electrons. The number of amidine groups is 1. The largest absolute Gasteiger partial charge is 0.416 e. The van der Waals surface area contributed by atoms with Gasteiger partial charge in [0.2, 0.25) is 0 Å². The van der Waals surface area contributed by atoms with Gasteiger partial charge >= 0.3 is 6.18 Å². The fourth-order valence-electron chi connectivity index (χ4n) is 3.64. The van der Waals surface area contributed by atoms with Crippen LogP contribution in [0.25, 0.3) is 0 Å². The van der Waals surface area contributed by atoms with E-state index in [1.165, 1.54) is 0 Å². The van der Waals surface area contributed by atoms with E-state index in [1.54, 1.807) is 7.05 Å². The summed E-state index contributed by atoms with van der Waals surface area (Å²) in [6, 6.07) is 2.56. The van der Waals surface area contributed by atoms with E-state index in [0.29, 0.717) is 31.9 Å². The zero-order valence-corrected chi connectivity index (χ0v) is 17.3. The number of aliphatic imine (C=N–C) groups is 1. The molecule has 1 N–H and O–H groups in total. The predicted molar refractivity (Wildman–Crippen MR) is 107 cm³/mol. The number of alkyl halides is 5. The van der Waals surface area contributed by atoms with E-state index in [4.69, 9.17) is 0 Å². The minimum absolute atomic E-state index is 0.163. The SMILES string of the molecule is CN=C1NC(=O)S/C1=C\C1CCN(Cc2ccc(C(F)(F)F)cc2C(C)(F)F)CC1. The smallest absolute Gasteiger partial charge is 0.300 e. The van der Waals surface area contributed by atoms with Crippen LogP contribution in [0.1, 0.15) is 36.5 Å². The summed E-state index contributed by atoms with van der Waals surface area (Å²) in [6.45, 7) is 2.02. The predicted octanol–water partition coefficient (Wildman–Crippen LogP) is 5.40. The van der Waals surface area contributed by atoms with Crippen molar-refractivity contribution in [1.82, 2.24) is 10.2 Å². The van der Waals surface area contributed by atoms with Gasteiger partial charge in [-0.15, -0.1) is 0 Å². The molecule has 2 aliphatic heterocycles. The number of nitrogens with zero attached hydrogens (tertiary/aromatic N) is 2. The molecule has 2 fully saturated rings. The van der Waals surface area contributed by atoms with Crippen molar-refractivity contribution in [3.63, 3.8) is 0 Å². The zero-order valence-electron chi connectivity index (χ0n) is 16.5. The summed E-state index contributed by atoms with van der Waals surface area (Å²) in [4.78, 5) is 18.3. The molecule has 1 amide bonds. The van der Waals surface area contributed by atoms with Gasteiger partial charge in [-0.3, -0.25) is 14.7 Å². The van der Waals surface area contributed by atoms with Crippen molar-refractivity contribution in [1.29, 1.82) is 0 Å². The number of benzene rings is 1. The Kier molecular flexibility index (Phi) is 6.57. The van der Waals surface area contributed by atoms with Gasteiger partial charge < -0.3 is 5.32 Å². The second-order valence-corrected chi connectivity index (χ2v) is 8.50. The fourth-order valence-corrected chi connectivity index (χ4v) is 4.49. The van der Waals surface area contributed by atoms with E-state index in [-0.39, 0.29) is 23.3 Å². The Morgan fingerprint density at radius 2 is 1.90 bits per heavy atom. The van der Waals surface area contributed by atoms with Crippen LogP contribution in [0.4, 0.5) is 26.7 Å². The maximum atomic E-state index is 14.0. The normalized spacial score (nSPS) is 22.2. The Bertz CT molecular complexity index is 868. The molecule has 0 bridgehead atoms. The lowest BCUT2D eigenvalue weighted by atomic mass is 9.94. The third-order valence-electron chi connectivity index (χ3n) is 5.20. The number of carbonyl (C=O) groups excluding carboxylic acids is 1. The first-order valence-electron chi connectivity index (χ1n) is 9.46. The van der Waals surface area contributed by atoms with Gasteiger partial charge in [-0.05, 0) is 61.3 Å². The molecule has 1 aromatic rings. The monoisotopic (exact) mass is 447 g/mol. The van der Waals surface area contributed by atoms with E-state index < -0.39 is 23.2 Å². The lowest BCUT2D eigenvalue weighted by Gasteiger charge is -2.32. The molecule has 0 saturated carbocycles. The van der Waals surface area contributed by atoms with Crippen LogP contribution in [0.5, 0.6) is 0 Å². The summed E-state index contributed by atoms with van der Waals surface area (Å²) in [7, 11) is 1.60. The number of likely N-dealkylation sites (tertiary alicyclic amines) is 1. The zero-order chi connectivity index (χ0) is 22.1. The Morgan fingerprint density at radius 3 is 2.47 bits per heavy atom. The van der Waals surface area contributed by atoms with Gasteiger partial charge in [-0.1, -0.05) is 12.1 Å². The van der Waals surface area contributed by atoms with E-state index in [1.807, 2.05) is 11.0 Å². The van der Waals surface area contributed by atoms with Crippen LogP contribution < -0.4 is 5.32 Å². The van der Waals surface area contributed by atoms with Gasteiger partial charge in [-0.25, -0.2) is 8.78 Å². The standard InChI is InChI=1S/C20H22F5N3OS/c1-19(21,22)15-10-14(20(23,24)25)4-3-13(15)11-28-7-5-12(6-8-28)9-16-17(26-2)27-18(29)30-16/h3-4,9-10,12H,5-8,11H2,1-2H3,(H,26,27,29)/b16-9-. The topological polar surface area (TPSA) is 44.7 Å². The second kappa shape index (κ2) is 8.66. The van der Waals surface area contributed by atoms with Crippen LogP contribution in [0.3, 0.4) is 0 Å². The first-order chi connectivity index (χ1) is 14.0. The van der Waals surface area contributed by atoms with E-state index in [0.717, 1.165) is 41.6 Å². The minimum atomic E-state index is -4.67. The van der Waals surface area contributed by atoms with E-state index in [9.17, 15) is 26.7 Å². The van der Waals surface area contributed by atoms with Crippen LogP contribution in [0.2, 0.25) is 0 Å². The van der Waals surface area contributed by atoms with Gasteiger partial charge in [0.15, 0.2) is 0 Å². The maximum absolute atomic E-state index is 14.0. The molecule has 30 heavy (non-hydrogen) atoms. The van der Waals surface area contributed by atoms with Gasteiger partial charge in [-0.2, -0.15) is 13.2 Å². The lowest BCUT2D eigenvalue weighted by Crippen LogP contribution is -2.33. The minimum Gasteiger partial charge on any atom is -0.300 e. The van der Waals surface area contributed by atoms with Crippen molar-refractivity contribution in [2.24, 2.45) is 10.9 Å². The first kappa shape index (κ1) is 22.7. The van der Waals surface area contributed by atoms with Crippen molar-refractivity contribution in [3.05, 3.63) is 45.9 Å². The van der Waals surface area contributed by atoms with Crippen LogP contribution in [-0.4, -0.2) is 36.1 Å². The number of halogens is 5. The maximum Gasteiger partial charge on any atom is 0.416 e. The molecule has 10 heteroatoms. The van der Waals surface area contributed by atoms with Crippen LogP contribution in [0, 0.1) is 5.92 Å². The molecule has 4 nitrogen and oxygen atoms in total. The highest BCUT2D eigenvalue weighted by Crippen LogP contribution is 2.37.